The summed E-state index contributed by atoms with van der Waals surface area (Å²) in [6.45, 7) is 0.100. The van der Waals surface area contributed by atoms with Gasteiger partial charge in [0.15, 0.2) is 0 Å². The first kappa shape index (κ1) is 17.0. The fourth-order valence-electron chi connectivity index (χ4n) is 3.00. The lowest BCUT2D eigenvalue weighted by Gasteiger charge is -2.17. The van der Waals surface area contributed by atoms with Gasteiger partial charge in [-0.05, 0) is 30.2 Å². The molecular weight excluding hydrogens is 316 g/mol. The third-order valence-electron chi connectivity index (χ3n) is 4.22. The highest BCUT2D eigenvalue weighted by Gasteiger charge is 2.14. The largest absolute Gasteiger partial charge is 0.496 e. The molecule has 2 N–H and O–H groups in total. The van der Waals surface area contributed by atoms with Gasteiger partial charge in [-0.15, -0.1) is 0 Å². The number of carbonyl (C=O) groups is 1. The van der Waals surface area contributed by atoms with Crippen LogP contribution in [-0.2, 0) is 17.8 Å². The second-order valence-corrected chi connectivity index (χ2v) is 5.97. The molecule has 25 heavy (non-hydrogen) atoms. The van der Waals surface area contributed by atoms with Crippen LogP contribution in [0.25, 0.3) is 10.9 Å². The predicted molar refractivity (Wildman–Crippen MR) is 97.7 cm³/mol. The fraction of sp³-hybridized carbons (Fsp3) is 0.250. The van der Waals surface area contributed by atoms with Gasteiger partial charge in [-0.3, -0.25) is 4.79 Å². The summed E-state index contributed by atoms with van der Waals surface area (Å²) in [6, 6.07) is 17.2. The number of rotatable bonds is 7. The van der Waals surface area contributed by atoms with Gasteiger partial charge in [0.1, 0.15) is 12.3 Å². The number of hydrogen-bond donors (Lipinski definition) is 2. The average molecular weight is 338 g/mol. The van der Waals surface area contributed by atoms with Crippen molar-refractivity contribution in [3.8, 4) is 5.75 Å². The summed E-state index contributed by atoms with van der Waals surface area (Å²) in [4.78, 5) is 12.4. The molecule has 3 rings (SSSR count). The number of aliphatic hydroxyl groups is 1. The third-order valence-corrected chi connectivity index (χ3v) is 4.22. The number of ether oxygens (including phenoxy) is 1. The number of methoxy groups -OCH3 is 1. The summed E-state index contributed by atoms with van der Waals surface area (Å²) in [7, 11) is 1.63. The van der Waals surface area contributed by atoms with Crippen LogP contribution in [0, 0.1) is 0 Å². The van der Waals surface area contributed by atoms with Crippen molar-refractivity contribution in [1.29, 1.82) is 0 Å². The van der Waals surface area contributed by atoms with Crippen LogP contribution in [0.1, 0.15) is 5.56 Å². The van der Waals surface area contributed by atoms with Crippen LogP contribution in [0.15, 0.2) is 60.8 Å². The van der Waals surface area contributed by atoms with Gasteiger partial charge in [0.25, 0.3) is 0 Å². The van der Waals surface area contributed by atoms with Crippen LogP contribution in [0.2, 0.25) is 0 Å². The monoisotopic (exact) mass is 338 g/mol. The van der Waals surface area contributed by atoms with Crippen molar-refractivity contribution < 1.29 is 14.6 Å². The Balaban J connectivity index is 1.67. The maximum atomic E-state index is 12.4. The van der Waals surface area contributed by atoms with E-state index in [1.165, 1.54) is 0 Å². The van der Waals surface area contributed by atoms with Gasteiger partial charge in [0.2, 0.25) is 5.91 Å². The van der Waals surface area contributed by atoms with Crippen LogP contribution in [0.4, 0.5) is 0 Å². The summed E-state index contributed by atoms with van der Waals surface area (Å²) >= 11 is 0. The minimum Gasteiger partial charge on any atom is -0.496 e. The molecular formula is C20H22N2O3. The maximum absolute atomic E-state index is 12.4. The fourth-order valence-corrected chi connectivity index (χ4v) is 3.00. The van der Waals surface area contributed by atoms with E-state index in [0.29, 0.717) is 6.42 Å². The standard InChI is InChI=1S/C20H22N2O3/c1-25-19-9-5-8-18-17(19)10-11-22(18)13-20(24)21-16(14-23)12-15-6-3-2-4-7-15/h2-11,16,23H,12-14H2,1H3,(H,21,24)/t16-/m0/s1. The lowest BCUT2D eigenvalue weighted by Crippen LogP contribution is -2.40. The van der Waals surface area contributed by atoms with E-state index in [9.17, 15) is 9.90 Å². The van der Waals surface area contributed by atoms with Gasteiger partial charge >= 0.3 is 0 Å². The van der Waals surface area contributed by atoms with E-state index in [4.69, 9.17) is 4.74 Å². The van der Waals surface area contributed by atoms with Gasteiger partial charge in [0.05, 0.1) is 25.3 Å². The van der Waals surface area contributed by atoms with Gasteiger partial charge in [-0.25, -0.2) is 0 Å². The molecule has 5 nitrogen and oxygen atoms in total. The van der Waals surface area contributed by atoms with Crippen LogP contribution in [-0.4, -0.2) is 35.3 Å². The van der Waals surface area contributed by atoms with Gasteiger partial charge in [-0.2, -0.15) is 0 Å². The number of nitrogens with one attached hydrogen (secondary N) is 1. The highest BCUT2D eigenvalue weighted by molar-refractivity contribution is 5.88. The first-order valence-electron chi connectivity index (χ1n) is 8.27. The highest BCUT2D eigenvalue weighted by atomic mass is 16.5. The van der Waals surface area contributed by atoms with Crippen molar-refractivity contribution in [2.45, 2.75) is 19.0 Å². The molecule has 130 valence electrons. The second-order valence-electron chi connectivity index (χ2n) is 5.97. The predicted octanol–water partition coefficient (Wildman–Crippen LogP) is 2.37. The number of benzene rings is 2. The molecule has 0 aliphatic rings. The zero-order valence-corrected chi connectivity index (χ0v) is 14.2. The Labute approximate surface area is 146 Å². The van der Waals surface area contributed by atoms with E-state index in [1.54, 1.807) is 7.11 Å². The molecule has 0 spiro atoms. The Bertz CT molecular complexity index is 843. The molecule has 0 fully saturated rings. The van der Waals surface area contributed by atoms with Crippen LogP contribution >= 0.6 is 0 Å². The molecule has 0 bridgehead atoms. The minimum atomic E-state index is -0.300. The van der Waals surface area contributed by atoms with Crippen molar-refractivity contribution in [3.05, 3.63) is 66.4 Å². The Morgan fingerprint density at radius 3 is 2.68 bits per heavy atom. The topological polar surface area (TPSA) is 63.5 Å². The molecule has 0 aliphatic carbocycles. The number of amides is 1. The number of nitrogens with zero attached hydrogens (tertiary/aromatic N) is 1. The molecule has 1 heterocycles. The zero-order chi connectivity index (χ0) is 17.6. The highest BCUT2D eigenvalue weighted by Crippen LogP contribution is 2.26. The van der Waals surface area contributed by atoms with Crippen molar-refractivity contribution in [2.24, 2.45) is 0 Å². The van der Waals surface area contributed by atoms with Crippen LogP contribution in [0.5, 0.6) is 5.75 Å². The van der Waals surface area contributed by atoms with E-state index in [1.807, 2.05) is 65.4 Å². The van der Waals surface area contributed by atoms with Gasteiger partial charge in [0, 0.05) is 11.6 Å². The Kier molecular flexibility index (Phi) is 5.36. The zero-order valence-electron chi connectivity index (χ0n) is 14.2. The second kappa shape index (κ2) is 7.85. The van der Waals surface area contributed by atoms with Crippen LogP contribution in [0.3, 0.4) is 0 Å². The smallest absolute Gasteiger partial charge is 0.240 e. The average Bonchev–Trinajstić information content (AvgIpc) is 3.05. The van der Waals surface area contributed by atoms with E-state index in [-0.39, 0.29) is 25.1 Å². The van der Waals surface area contributed by atoms with E-state index in [2.05, 4.69) is 5.32 Å². The molecule has 0 radical (unpaired) electrons. The summed E-state index contributed by atoms with van der Waals surface area (Å²) < 4.78 is 7.23. The molecule has 1 amide bonds. The normalized spacial score (nSPS) is 12.1. The van der Waals surface area contributed by atoms with E-state index in [0.717, 1.165) is 22.2 Å². The van der Waals surface area contributed by atoms with Gasteiger partial charge in [-0.1, -0.05) is 36.4 Å². The first-order valence-corrected chi connectivity index (χ1v) is 8.27. The molecule has 3 aromatic rings. The Hall–Kier alpha value is -2.79. The first-order chi connectivity index (χ1) is 12.2. The van der Waals surface area contributed by atoms with Crippen molar-refractivity contribution in [2.75, 3.05) is 13.7 Å². The van der Waals surface area contributed by atoms with Gasteiger partial charge < -0.3 is 19.7 Å². The number of aliphatic hydroxyl groups excluding tert-OH is 1. The third kappa shape index (κ3) is 4.00. The Morgan fingerprint density at radius 1 is 1.16 bits per heavy atom. The maximum Gasteiger partial charge on any atom is 0.240 e. The molecule has 0 saturated carbocycles. The lowest BCUT2D eigenvalue weighted by atomic mass is 10.1. The minimum absolute atomic E-state index is 0.0963. The molecule has 1 aromatic heterocycles. The molecule has 0 unspecified atom stereocenters. The lowest BCUT2D eigenvalue weighted by molar-refractivity contribution is -0.122. The molecule has 2 aromatic carbocycles. The number of aromatic nitrogens is 1. The van der Waals surface area contributed by atoms with E-state index < -0.39 is 0 Å². The number of hydrogen-bond acceptors (Lipinski definition) is 3. The number of fused-ring (bicyclic) bond motifs is 1. The van der Waals surface area contributed by atoms with Crippen molar-refractivity contribution in [3.63, 3.8) is 0 Å². The summed E-state index contributed by atoms with van der Waals surface area (Å²) in [5.74, 6) is 0.657. The molecule has 0 aliphatic heterocycles. The molecule has 1 atom stereocenters. The van der Waals surface area contributed by atoms with Crippen molar-refractivity contribution in [1.82, 2.24) is 9.88 Å². The quantitative estimate of drug-likeness (QED) is 0.695. The summed E-state index contributed by atoms with van der Waals surface area (Å²) in [6.07, 6.45) is 2.47. The Morgan fingerprint density at radius 2 is 1.96 bits per heavy atom. The SMILES string of the molecule is COc1cccc2c1ccn2CC(=O)N[C@H](CO)Cc1ccccc1. The summed E-state index contributed by atoms with van der Waals surface area (Å²) in [5.41, 5.74) is 2.02. The van der Waals surface area contributed by atoms with E-state index >= 15 is 0 Å². The molecule has 5 heteroatoms. The van der Waals surface area contributed by atoms with Crippen molar-refractivity contribution >= 4 is 16.8 Å². The number of carbonyl (C=O) groups excluding carboxylic acids is 1. The molecule has 0 saturated heterocycles. The summed E-state index contributed by atoms with van der Waals surface area (Å²) in [5, 5.41) is 13.4. The van der Waals surface area contributed by atoms with Crippen LogP contribution < -0.4 is 10.1 Å².